The number of imidazole rings is 1. The summed E-state index contributed by atoms with van der Waals surface area (Å²) in [5, 5.41) is 2.81. The summed E-state index contributed by atoms with van der Waals surface area (Å²) in [6, 6.07) is 5.49. The predicted octanol–water partition coefficient (Wildman–Crippen LogP) is 3.69. The molecule has 1 N–H and O–H groups in total. The molecule has 8 heteroatoms. The van der Waals surface area contributed by atoms with E-state index in [1.165, 1.54) is 0 Å². The number of aromatic nitrogens is 3. The van der Waals surface area contributed by atoms with Crippen molar-refractivity contribution < 1.29 is 14.3 Å². The molecular weight excluding hydrogens is 420 g/mol. The van der Waals surface area contributed by atoms with Crippen LogP contribution in [-0.4, -0.2) is 38.7 Å². The monoisotopic (exact) mass is 448 g/mol. The highest BCUT2D eigenvalue weighted by atomic mass is 16.5. The smallest absolute Gasteiger partial charge is 0.274 e. The molecule has 1 amide bonds. The van der Waals surface area contributed by atoms with Crippen molar-refractivity contribution in [2.75, 3.05) is 11.9 Å². The van der Waals surface area contributed by atoms with Crippen molar-refractivity contribution in [2.45, 2.75) is 69.6 Å². The van der Waals surface area contributed by atoms with Crippen LogP contribution in [-0.2, 0) is 10.2 Å². The van der Waals surface area contributed by atoms with Crippen LogP contribution in [0.3, 0.4) is 0 Å². The molecule has 3 aromatic heterocycles. The fourth-order valence-corrected chi connectivity index (χ4v) is 5.16. The van der Waals surface area contributed by atoms with Crippen LogP contribution in [0.5, 0.6) is 5.75 Å². The minimum atomic E-state index is -0.378. The van der Waals surface area contributed by atoms with Gasteiger partial charge in [-0.15, -0.1) is 0 Å². The second-order valence-electron chi connectivity index (χ2n) is 9.89. The number of ether oxygens (including phenoxy) is 2. The van der Waals surface area contributed by atoms with Gasteiger partial charge in [-0.05, 0) is 58.1 Å². The van der Waals surface area contributed by atoms with E-state index in [0.29, 0.717) is 24.0 Å². The van der Waals surface area contributed by atoms with E-state index in [1.807, 2.05) is 30.5 Å². The van der Waals surface area contributed by atoms with Gasteiger partial charge in [0.1, 0.15) is 17.1 Å². The van der Waals surface area contributed by atoms with E-state index in [2.05, 4.69) is 5.32 Å². The first-order valence-corrected chi connectivity index (χ1v) is 11.8. The number of rotatable bonds is 6. The number of anilines is 1. The van der Waals surface area contributed by atoms with E-state index in [0.717, 1.165) is 43.4 Å². The van der Waals surface area contributed by atoms with Gasteiger partial charge in [0.25, 0.3) is 11.5 Å². The molecule has 3 fully saturated rings. The van der Waals surface area contributed by atoms with Gasteiger partial charge in [0, 0.05) is 36.1 Å². The standard InChI is InChI=1S/C25H28N4O4/c1-15(2)33-20-10-22-27-21(25-8-7-17(11-25)32-14-25)13-28(22)12-18(20)23(30)26-19-4-3-9-29(24(19)31)16-5-6-16/h3-4,9-10,12-13,15-17H,5-8,11,14H2,1-2H3,(H,26,30)/t17-,25-/m1/s1. The molecule has 2 saturated carbocycles. The van der Waals surface area contributed by atoms with Crippen molar-refractivity contribution >= 4 is 17.2 Å². The third-order valence-corrected chi connectivity index (χ3v) is 7.03. The lowest BCUT2D eigenvalue weighted by atomic mass is 9.85. The minimum Gasteiger partial charge on any atom is -0.490 e. The highest BCUT2D eigenvalue weighted by Crippen LogP contribution is 2.47. The number of amides is 1. The van der Waals surface area contributed by atoms with Crippen molar-refractivity contribution in [3.8, 4) is 5.75 Å². The molecule has 8 nitrogen and oxygen atoms in total. The number of pyridine rings is 2. The molecule has 0 spiro atoms. The Morgan fingerprint density at radius 3 is 2.82 bits per heavy atom. The van der Waals surface area contributed by atoms with Gasteiger partial charge >= 0.3 is 0 Å². The number of nitrogens with zero attached hydrogens (tertiary/aromatic N) is 3. The zero-order valence-corrected chi connectivity index (χ0v) is 18.9. The van der Waals surface area contributed by atoms with Crippen molar-refractivity contribution in [2.24, 2.45) is 0 Å². The molecule has 33 heavy (non-hydrogen) atoms. The van der Waals surface area contributed by atoms with Crippen LogP contribution in [0, 0.1) is 0 Å². The van der Waals surface area contributed by atoms with E-state index in [4.69, 9.17) is 14.5 Å². The summed E-state index contributed by atoms with van der Waals surface area (Å²) in [5.41, 5.74) is 2.17. The molecule has 3 aromatic rings. The fourth-order valence-electron chi connectivity index (χ4n) is 5.16. The molecule has 172 valence electrons. The van der Waals surface area contributed by atoms with Crippen LogP contribution >= 0.6 is 0 Å². The minimum absolute atomic E-state index is 0.0316. The molecule has 0 radical (unpaired) electrons. The van der Waals surface area contributed by atoms with Gasteiger partial charge in [-0.3, -0.25) is 9.59 Å². The Morgan fingerprint density at radius 1 is 1.30 bits per heavy atom. The second-order valence-corrected chi connectivity index (χ2v) is 9.89. The summed E-state index contributed by atoms with van der Waals surface area (Å²) in [4.78, 5) is 31.0. The Kier molecular flexibility index (Phi) is 4.62. The lowest BCUT2D eigenvalue weighted by Crippen LogP contribution is -2.25. The van der Waals surface area contributed by atoms with Crippen LogP contribution in [0.15, 0.2) is 41.6 Å². The van der Waals surface area contributed by atoms with E-state index in [9.17, 15) is 9.59 Å². The average molecular weight is 449 g/mol. The lowest BCUT2D eigenvalue weighted by molar-refractivity contribution is 0.0692. The quantitative estimate of drug-likeness (QED) is 0.622. The maximum Gasteiger partial charge on any atom is 0.274 e. The van der Waals surface area contributed by atoms with Crippen LogP contribution in [0.4, 0.5) is 5.69 Å². The van der Waals surface area contributed by atoms with E-state index in [-0.39, 0.29) is 34.7 Å². The van der Waals surface area contributed by atoms with Crippen LogP contribution in [0.1, 0.15) is 68.0 Å². The highest BCUT2D eigenvalue weighted by molar-refractivity contribution is 6.06. The van der Waals surface area contributed by atoms with Crippen molar-refractivity contribution in [1.82, 2.24) is 14.0 Å². The maximum absolute atomic E-state index is 13.3. The van der Waals surface area contributed by atoms with Gasteiger partial charge in [-0.2, -0.15) is 0 Å². The summed E-state index contributed by atoms with van der Waals surface area (Å²) < 4.78 is 15.4. The number of carbonyl (C=O) groups excluding carboxylic acids is 1. The summed E-state index contributed by atoms with van der Waals surface area (Å²) in [5.74, 6) is 0.0758. The molecule has 2 atom stereocenters. The van der Waals surface area contributed by atoms with Crippen molar-refractivity contribution in [3.63, 3.8) is 0 Å². The molecule has 3 aliphatic rings. The van der Waals surface area contributed by atoms with Gasteiger partial charge < -0.3 is 23.8 Å². The number of fused-ring (bicyclic) bond motifs is 3. The molecule has 6 rings (SSSR count). The second kappa shape index (κ2) is 7.45. The van der Waals surface area contributed by atoms with Gasteiger partial charge in [-0.1, -0.05) is 0 Å². The van der Waals surface area contributed by atoms with Crippen LogP contribution < -0.4 is 15.6 Å². The maximum atomic E-state index is 13.3. The molecule has 1 saturated heterocycles. The zero-order valence-electron chi connectivity index (χ0n) is 18.9. The molecule has 2 bridgehead atoms. The molecule has 1 aliphatic heterocycles. The Labute approximate surface area is 191 Å². The van der Waals surface area contributed by atoms with E-state index < -0.39 is 0 Å². The molecule has 0 aromatic carbocycles. The first-order chi connectivity index (χ1) is 15.9. The Bertz CT molecular complexity index is 1300. The normalized spacial score (nSPS) is 24.0. The van der Waals surface area contributed by atoms with Gasteiger partial charge in [-0.25, -0.2) is 4.98 Å². The summed E-state index contributed by atoms with van der Waals surface area (Å²) in [6.07, 6.45) is 10.9. The third kappa shape index (κ3) is 3.53. The fraction of sp³-hybridized carbons (Fsp3) is 0.480. The zero-order chi connectivity index (χ0) is 22.7. The summed E-state index contributed by atoms with van der Waals surface area (Å²) in [6.45, 7) is 4.54. The van der Waals surface area contributed by atoms with Crippen LogP contribution in [0.25, 0.3) is 5.65 Å². The van der Waals surface area contributed by atoms with E-state index in [1.54, 1.807) is 29.1 Å². The van der Waals surface area contributed by atoms with Crippen molar-refractivity contribution in [1.29, 1.82) is 0 Å². The molecule has 0 unspecified atom stereocenters. The predicted molar refractivity (Wildman–Crippen MR) is 123 cm³/mol. The number of hydrogen-bond acceptors (Lipinski definition) is 5. The highest BCUT2D eigenvalue weighted by Gasteiger charge is 2.48. The third-order valence-electron chi connectivity index (χ3n) is 7.03. The van der Waals surface area contributed by atoms with Gasteiger partial charge in [0.15, 0.2) is 0 Å². The summed E-state index contributed by atoms with van der Waals surface area (Å²) >= 11 is 0. The number of hydrogen-bond donors (Lipinski definition) is 1. The van der Waals surface area contributed by atoms with Crippen LogP contribution in [0.2, 0.25) is 0 Å². The SMILES string of the molecule is CC(C)Oc1cc2nc([C@]34CC[C@H](C3)OC4)cn2cc1C(=O)Nc1cccn(C2CC2)c1=O. The average Bonchev–Trinajstić information content (AvgIpc) is 3.22. The largest absolute Gasteiger partial charge is 0.490 e. The number of nitrogens with one attached hydrogen (secondary N) is 1. The molecule has 4 heterocycles. The lowest BCUT2D eigenvalue weighted by Gasteiger charge is -2.22. The van der Waals surface area contributed by atoms with E-state index >= 15 is 0 Å². The topological polar surface area (TPSA) is 86.9 Å². The van der Waals surface area contributed by atoms with Crippen molar-refractivity contribution in [3.05, 3.63) is 58.4 Å². The molecular formula is C25H28N4O4. The van der Waals surface area contributed by atoms with Gasteiger partial charge in [0.2, 0.25) is 0 Å². The Hall–Kier alpha value is -3.13. The Balaban J connectivity index is 1.37. The van der Waals surface area contributed by atoms with Gasteiger partial charge in [0.05, 0.1) is 30.1 Å². The number of carbonyl (C=O) groups is 1. The first-order valence-electron chi connectivity index (χ1n) is 11.8. The Morgan fingerprint density at radius 2 is 2.15 bits per heavy atom. The molecule has 2 aliphatic carbocycles. The first kappa shape index (κ1) is 20.5. The summed E-state index contributed by atoms with van der Waals surface area (Å²) in [7, 11) is 0.